The second kappa shape index (κ2) is 7.25. The third kappa shape index (κ3) is 2.75. The van der Waals surface area contributed by atoms with E-state index in [1.165, 1.54) is 17.4 Å². The molecular weight excluding hydrogens is 532 g/mol. The maximum Gasteiger partial charge on any atom is 0.326 e. The number of hydrogen-bond donors (Lipinski definition) is 2. The van der Waals surface area contributed by atoms with E-state index >= 15 is 0 Å². The van der Waals surface area contributed by atoms with E-state index in [1.807, 2.05) is 12.1 Å². The Morgan fingerprint density at radius 1 is 1.22 bits per heavy atom. The van der Waals surface area contributed by atoms with Crippen molar-refractivity contribution in [3.05, 3.63) is 43.1 Å². The average molecular weight is 552 g/mol. The number of likely N-dealkylation sites (tertiary alicyclic amines) is 1. The maximum absolute atomic E-state index is 13.4. The van der Waals surface area contributed by atoms with Gasteiger partial charge >= 0.3 is 5.97 Å². The number of nitrogens with zero attached hydrogens (tertiary/aromatic N) is 1. The van der Waals surface area contributed by atoms with Crippen molar-refractivity contribution in [2.45, 2.75) is 35.6 Å². The highest BCUT2D eigenvalue weighted by molar-refractivity contribution is 9.10. The average Bonchev–Trinajstić information content (AvgIpc) is 3.47. The number of aromatic amines is 1. The minimum Gasteiger partial charge on any atom is -0.480 e. The normalized spacial score (nSPS) is 35.6. The first-order chi connectivity index (χ1) is 15.3. The molecule has 0 radical (unpaired) electrons. The third-order valence-corrected chi connectivity index (χ3v) is 11.2. The smallest absolute Gasteiger partial charge is 0.326 e. The number of thiazole rings is 1. The van der Waals surface area contributed by atoms with Gasteiger partial charge in [-0.1, -0.05) is 28.1 Å². The second-order valence-electron chi connectivity index (χ2n) is 9.07. The number of imide groups is 1. The van der Waals surface area contributed by atoms with Crippen molar-refractivity contribution in [3.8, 4) is 0 Å². The summed E-state index contributed by atoms with van der Waals surface area (Å²) < 4.78 is 1.75. The Balaban J connectivity index is 1.45. The van der Waals surface area contributed by atoms with Gasteiger partial charge in [0.15, 0.2) is 3.95 Å². The van der Waals surface area contributed by atoms with Crippen LogP contribution in [0.2, 0.25) is 0 Å². The van der Waals surface area contributed by atoms with E-state index in [-0.39, 0.29) is 40.7 Å². The number of benzene rings is 1. The summed E-state index contributed by atoms with van der Waals surface area (Å²) in [5.41, 5.74) is 1.19. The third-order valence-electron chi connectivity index (χ3n) is 7.73. The van der Waals surface area contributed by atoms with Gasteiger partial charge in [0.2, 0.25) is 11.8 Å². The molecule has 4 aliphatic rings. The molecule has 3 fully saturated rings. The molecule has 166 valence electrons. The zero-order valence-corrected chi connectivity index (χ0v) is 20.9. The minimum atomic E-state index is -1.15. The van der Waals surface area contributed by atoms with Gasteiger partial charge in [0.25, 0.3) is 0 Å². The molecule has 1 aromatic carbocycles. The molecule has 6 nitrogen and oxygen atoms in total. The number of amides is 2. The van der Waals surface area contributed by atoms with Gasteiger partial charge in [0, 0.05) is 20.5 Å². The Morgan fingerprint density at radius 3 is 2.53 bits per heavy atom. The maximum atomic E-state index is 13.4. The van der Waals surface area contributed by atoms with Crippen molar-refractivity contribution >= 4 is 69.0 Å². The summed E-state index contributed by atoms with van der Waals surface area (Å²) in [4.78, 5) is 43.8. The molecular formula is C22H19BrN2O4S3. The monoisotopic (exact) mass is 550 g/mol. The standard InChI is InChI=1S/C22H19BrN2O4S3/c1-7(21(28)29)25-19(26)14-10-6-11(15(14)20(25)27)16-13(10)12(8-2-4-9(23)5-3-8)17-18(31-16)24-22(30)32-17/h2-5,7,10-16H,6H2,1H3,(H,24,30)(H,28,29). The highest BCUT2D eigenvalue weighted by atomic mass is 79.9. The van der Waals surface area contributed by atoms with E-state index in [2.05, 4.69) is 33.0 Å². The molecule has 10 heteroatoms. The number of aromatic nitrogens is 1. The number of thioether (sulfide) groups is 1. The number of nitrogens with one attached hydrogen (secondary N) is 1. The Labute approximate surface area is 205 Å². The molecule has 2 aromatic rings. The van der Waals surface area contributed by atoms with Crippen LogP contribution < -0.4 is 0 Å². The van der Waals surface area contributed by atoms with Crippen LogP contribution in [0.1, 0.15) is 29.7 Å². The number of aliphatic carboxylic acids is 1. The fourth-order valence-electron chi connectivity index (χ4n) is 6.58. The lowest BCUT2D eigenvalue weighted by Crippen LogP contribution is -2.44. The molecule has 8 atom stereocenters. The lowest BCUT2D eigenvalue weighted by Gasteiger charge is -2.43. The van der Waals surface area contributed by atoms with Crippen LogP contribution in [0.15, 0.2) is 33.8 Å². The Bertz CT molecular complexity index is 1220. The van der Waals surface area contributed by atoms with Crippen LogP contribution >= 0.6 is 51.2 Å². The second-order valence-corrected chi connectivity index (χ2v) is 12.9. The first-order valence-electron chi connectivity index (χ1n) is 10.5. The number of hydrogen-bond acceptors (Lipinski definition) is 6. The number of halogens is 1. The number of carboxylic acid groups (broad SMARTS) is 1. The van der Waals surface area contributed by atoms with E-state index in [9.17, 15) is 19.5 Å². The van der Waals surface area contributed by atoms with Crippen molar-refractivity contribution in [1.29, 1.82) is 0 Å². The first kappa shape index (κ1) is 21.1. The van der Waals surface area contributed by atoms with Gasteiger partial charge in [-0.15, -0.1) is 23.1 Å². The number of carbonyl (C=O) groups excluding carboxylic acids is 2. The molecule has 2 amide bonds. The quantitative estimate of drug-likeness (QED) is 0.431. The summed E-state index contributed by atoms with van der Waals surface area (Å²) in [5, 5.41) is 10.7. The van der Waals surface area contributed by atoms with Gasteiger partial charge in [-0.05, 0) is 61.0 Å². The predicted molar refractivity (Wildman–Crippen MR) is 126 cm³/mol. The molecule has 2 aliphatic carbocycles. The fourth-order valence-corrected chi connectivity index (χ4v) is 10.2. The van der Waals surface area contributed by atoms with Crippen LogP contribution in [0.25, 0.3) is 0 Å². The predicted octanol–water partition coefficient (Wildman–Crippen LogP) is 4.51. The molecule has 1 aromatic heterocycles. The number of carboxylic acids is 1. The Hall–Kier alpha value is -1.49. The van der Waals surface area contributed by atoms with E-state index in [4.69, 9.17) is 12.2 Å². The minimum absolute atomic E-state index is 0.0578. The molecule has 1 saturated heterocycles. The Morgan fingerprint density at radius 2 is 1.88 bits per heavy atom. The zero-order valence-electron chi connectivity index (χ0n) is 16.9. The van der Waals surface area contributed by atoms with E-state index < -0.39 is 23.8 Å². The summed E-state index contributed by atoms with van der Waals surface area (Å²) in [6, 6.07) is 7.19. The van der Waals surface area contributed by atoms with E-state index in [1.54, 1.807) is 23.1 Å². The van der Waals surface area contributed by atoms with Crippen molar-refractivity contribution in [2.75, 3.05) is 0 Å². The van der Waals surface area contributed by atoms with Crippen LogP contribution in [0, 0.1) is 33.5 Å². The number of rotatable bonds is 3. The SMILES string of the molecule is CC(C(=O)O)N1C(=O)C2C3CC(C2C1=O)C1C(c2ccc(Br)cc2)c2sc(=S)[nH]c2SC31. The number of carbonyl (C=O) groups is 3. The van der Waals surface area contributed by atoms with Crippen molar-refractivity contribution in [1.82, 2.24) is 9.88 Å². The zero-order chi connectivity index (χ0) is 22.5. The molecule has 32 heavy (non-hydrogen) atoms. The number of fused-ring (bicyclic) bond motifs is 9. The van der Waals surface area contributed by atoms with Gasteiger partial charge in [0.1, 0.15) is 6.04 Å². The summed E-state index contributed by atoms with van der Waals surface area (Å²) in [7, 11) is 0. The summed E-state index contributed by atoms with van der Waals surface area (Å²) in [6.07, 6.45) is 0.840. The van der Waals surface area contributed by atoms with Gasteiger partial charge in [0.05, 0.1) is 16.9 Å². The summed E-state index contributed by atoms with van der Waals surface area (Å²) in [6.45, 7) is 1.42. The van der Waals surface area contributed by atoms with Gasteiger partial charge < -0.3 is 10.1 Å². The largest absolute Gasteiger partial charge is 0.480 e. The van der Waals surface area contributed by atoms with Crippen LogP contribution in [0.5, 0.6) is 0 Å². The highest BCUT2D eigenvalue weighted by Gasteiger charge is 2.70. The van der Waals surface area contributed by atoms with Crippen molar-refractivity contribution < 1.29 is 19.5 Å². The molecule has 3 heterocycles. The van der Waals surface area contributed by atoms with Crippen LogP contribution in [-0.2, 0) is 14.4 Å². The number of H-pyrrole nitrogens is 1. The molecule has 2 N–H and O–H groups in total. The molecule has 6 rings (SSSR count). The molecule has 0 spiro atoms. The van der Waals surface area contributed by atoms with Gasteiger partial charge in [-0.3, -0.25) is 14.5 Å². The molecule has 2 aliphatic heterocycles. The van der Waals surface area contributed by atoms with Crippen LogP contribution in [0.4, 0.5) is 0 Å². The summed E-state index contributed by atoms with van der Waals surface area (Å²) >= 11 is 12.3. The molecule has 2 bridgehead atoms. The Kier molecular flexibility index (Phi) is 4.78. The summed E-state index contributed by atoms with van der Waals surface area (Å²) in [5.74, 6) is -2.13. The van der Waals surface area contributed by atoms with Crippen LogP contribution in [-0.4, -0.2) is 44.1 Å². The van der Waals surface area contributed by atoms with E-state index in [0.29, 0.717) is 0 Å². The topological polar surface area (TPSA) is 90.5 Å². The van der Waals surface area contributed by atoms with Gasteiger partial charge in [-0.2, -0.15) is 0 Å². The highest BCUT2D eigenvalue weighted by Crippen LogP contribution is 2.68. The van der Waals surface area contributed by atoms with E-state index in [0.717, 1.165) is 24.8 Å². The van der Waals surface area contributed by atoms with Crippen molar-refractivity contribution in [2.24, 2.45) is 29.6 Å². The van der Waals surface area contributed by atoms with Crippen molar-refractivity contribution in [3.63, 3.8) is 0 Å². The molecule has 2 saturated carbocycles. The lowest BCUT2D eigenvalue weighted by molar-refractivity contribution is -0.154. The fraction of sp³-hybridized carbons (Fsp3) is 0.455. The lowest BCUT2D eigenvalue weighted by atomic mass is 9.68. The molecule has 8 unspecified atom stereocenters. The van der Waals surface area contributed by atoms with Gasteiger partial charge in [-0.25, -0.2) is 4.79 Å². The van der Waals surface area contributed by atoms with Crippen LogP contribution in [0.3, 0.4) is 0 Å². The first-order valence-corrected chi connectivity index (χ1v) is 13.4.